The second kappa shape index (κ2) is 8.41. The lowest BCUT2D eigenvalue weighted by atomic mass is 10.1. The zero-order chi connectivity index (χ0) is 24.7. The number of aryl methyl sites for hydroxylation is 2. The molecule has 5 rings (SSSR count). The number of carbonyl (C=O) groups is 2. The third-order valence-electron chi connectivity index (χ3n) is 5.54. The van der Waals surface area contributed by atoms with Gasteiger partial charge in [-0.1, -0.05) is 12.1 Å². The summed E-state index contributed by atoms with van der Waals surface area (Å²) < 4.78 is 2.72. The largest absolute Gasteiger partial charge is 0.278 e. The summed E-state index contributed by atoms with van der Waals surface area (Å²) >= 11 is 0. The van der Waals surface area contributed by atoms with Gasteiger partial charge in [-0.25, -0.2) is 19.2 Å². The molecule has 0 N–H and O–H groups in total. The predicted molar refractivity (Wildman–Crippen MR) is 127 cm³/mol. The van der Waals surface area contributed by atoms with Crippen LogP contribution in [0, 0.1) is 24.0 Å². The highest BCUT2D eigenvalue weighted by atomic mass is 16.6. The molecule has 35 heavy (non-hydrogen) atoms. The Morgan fingerprint density at radius 1 is 0.914 bits per heavy atom. The van der Waals surface area contributed by atoms with Gasteiger partial charge in [0.25, 0.3) is 17.5 Å². The molecule has 0 radical (unpaired) electrons. The number of nitro benzene ring substituents is 1. The van der Waals surface area contributed by atoms with Crippen molar-refractivity contribution in [2.45, 2.75) is 13.8 Å². The topological polar surface area (TPSA) is 126 Å². The maximum Gasteiger partial charge on any atom is 0.278 e. The molecule has 0 spiro atoms. The Labute approximate surface area is 198 Å². The summed E-state index contributed by atoms with van der Waals surface area (Å²) in [7, 11) is 0. The van der Waals surface area contributed by atoms with Crippen LogP contribution in [0.2, 0.25) is 0 Å². The van der Waals surface area contributed by atoms with E-state index in [-0.39, 0.29) is 17.2 Å². The van der Waals surface area contributed by atoms with Crippen molar-refractivity contribution in [2.24, 2.45) is 0 Å². The molecule has 0 aliphatic carbocycles. The van der Waals surface area contributed by atoms with Crippen molar-refractivity contribution in [1.29, 1.82) is 0 Å². The summed E-state index contributed by atoms with van der Waals surface area (Å²) in [5.41, 5.74) is 3.52. The van der Waals surface area contributed by atoms with Crippen LogP contribution in [0.1, 0.15) is 32.1 Å². The van der Waals surface area contributed by atoms with Crippen LogP contribution in [-0.2, 0) is 0 Å². The van der Waals surface area contributed by atoms with Crippen LogP contribution >= 0.6 is 0 Å². The van der Waals surface area contributed by atoms with E-state index in [9.17, 15) is 19.7 Å². The van der Waals surface area contributed by atoms with Gasteiger partial charge in [-0.2, -0.15) is 5.10 Å². The standard InChI is InChI=1S/C25H18N6O4/c1-15-14-16(2)30(28-15)25(33)19-7-5-17(6-8-19)22-27-21-4-3-13-26-23(21)29(22)24(32)18-9-11-20(12-10-18)31(34)35/h3-14H,1-2H3. The van der Waals surface area contributed by atoms with Crippen molar-refractivity contribution in [3.63, 3.8) is 0 Å². The van der Waals surface area contributed by atoms with Crippen molar-refractivity contribution in [1.82, 2.24) is 24.3 Å². The van der Waals surface area contributed by atoms with Crippen LogP contribution in [0.4, 0.5) is 5.69 Å². The van der Waals surface area contributed by atoms with Crippen molar-refractivity contribution < 1.29 is 14.5 Å². The first-order valence-corrected chi connectivity index (χ1v) is 10.6. The minimum Gasteiger partial charge on any atom is -0.268 e. The second-order valence-electron chi connectivity index (χ2n) is 7.95. The molecular weight excluding hydrogens is 448 g/mol. The van der Waals surface area contributed by atoms with Gasteiger partial charge >= 0.3 is 0 Å². The van der Waals surface area contributed by atoms with E-state index in [0.29, 0.717) is 28.1 Å². The van der Waals surface area contributed by atoms with Crippen LogP contribution in [0.15, 0.2) is 72.9 Å². The van der Waals surface area contributed by atoms with E-state index in [2.05, 4.69) is 15.1 Å². The lowest BCUT2D eigenvalue weighted by Crippen LogP contribution is -2.15. The van der Waals surface area contributed by atoms with Crippen LogP contribution in [0.25, 0.3) is 22.6 Å². The molecule has 3 aromatic heterocycles. The number of aromatic nitrogens is 5. The Kier molecular flexibility index (Phi) is 5.25. The second-order valence-corrected chi connectivity index (χ2v) is 7.95. The van der Waals surface area contributed by atoms with Gasteiger partial charge in [0.15, 0.2) is 5.65 Å². The number of pyridine rings is 1. The van der Waals surface area contributed by atoms with Gasteiger partial charge < -0.3 is 0 Å². The summed E-state index contributed by atoms with van der Waals surface area (Å²) in [4.78, 5) is 45.7. The molecule has 0 saturated heterocycles. The number of non-ortho nitro benzene ring substituents is 1. The van der Waals surface area contributed by atoms with E-state index in [0.717, 1.165) is 11.4 Å². The van der Waals surface area contributed by atoms with E-state index in [1.54, 1.807) is 42.6 Å². The molecule has 0 atom stereocenters. The highest BCUT2D eigenvalue weighted by molar-refractivity contribution is 6.03. The minimum atomic E-state index is -0.525. The van der Waals surface area contributed by atoms with Crippen molar-refractivity contribution in [2.75, 3.05) is 0 Å². The average Bonchev–Trinajstić information content (AvgIpc) is 3.42. The van der Waals surface area contributed by atoms with Crippen LogP contribution < -0.4 is 0 Å². The fourth-order valence-electron chi connectivity index (χ4n) is 3.87. The molecule has 3 heterocycles. The first kappa shape index (κ1) is 21.8. The fraction of sp³-hybridized carbons (Fsp3) is 0.0800. The summed E-state index contributed by atoms with van der Waals surface area (Å²) in [5, 5.41) is 15.2. The minimum absolute atomic E-state index is 0.113. The number of nitro groups is 1. The molecule has 0 aliphatic rings. The monoisotopic (exact) mass is 466 g/mol. The van der Waals surface area contributed by atoms with Gasteiger partial charge in [-0.05, 0) is 56.3 Å². The first-order chi connectivity index (χ1) is 16.8. The Bertz CT molecular complexity index is 1610. The van der Waals surface area contributed by atoms with Gasteiger partial charge in [0.2, 0.25) is 0 Å². The summed E-state index contributed by atoms with van der Waals surface area (Å²) in [6.07, 6.45) is 1.56. The van der Waals surface area contributed by atoms with Crippen molar-refractivity contribution in [3.05, 3.63) is 106 Å². The molecule has 0 fully saturated rings. The zero-order valence-electron chi connectivity index (χ0n) is 18.7. The molecule has 0 aliphatic heterocycles. The Morgan fingerprint density at radius 3 is 2.20 bits per heavy atom. The lowest BCUT2D eigenvalue weighted by molar-refractivity contribution is -0.384. The molecular formula is C25H18N6O4. The Hall–Kier alpha value is -4.99. The number of benzene rings is 2. The number of hydrogen-bond donors (Lipinski definition) is 0. The molecule has 10 nitrogen and oxygen atoms in total. The molecule has 0 bridgehead atoms. The third-order valence-corrected chi connectivity index (χ3v) is 5.54. The predicted octanol–water partition coefficient (Wildman–Crippen LogP) is 4.20. The quantitative estimate of drug-likeness (QED) is 0.287. The summed E-state index contributed by atoms with van der Waals surface area (Å²) in [6.45, 7) is 3.63. The normalized spacial score (nSPS) is 11.0. The van der Waals surface area contributed by atoms with Gasteiger partial charge in [-0.15, -0.1) is 0 Å². The number of carbonyl (C=O) groups excluding carboxylic acids is 2. The van der Waals surface area contributed by atoms with E-state index in [1.807, 2.05) is 19.9 Å². The number of fused-ring (bicyclic) bond motifs is 1. The molecule has 172 valence electrons. The summed E-state index contributed by atoms with van der Waals surface area (Å²) in [6, 6.07) is 17.4. The molecule has 5 aromatic rings. The van der Waals surface area contributed by atoms with Gasteiger partial charge in [0, 0.05) is 40.7 Å². The lowest BCUT2D eigenvalue weighted by Gasteiger charge is -2.09. The van der Waals surface area contributed by atoms with Crippen molar-refractivity contribution >= 4 is 28.7 Å². The average molecular weight is 466 g/mol. The van der Waals surface area contributed by atoms with E-state index in [4.69, 9.17) is 0 Å². The SMILES string of the molecule is Cc1cc(C)n(C(=O)c2ccc(-c3nc4cccnc4n3C(=O)c3ccc([N+](=O)[O-])cc3)cc2)n1. The number of imidazole rings is 1. The molecule has 0 saturated carbocycles. The molecule has 0 unspecified atom stereocenters. The zero-order valence-corrected chi connectivity index (χ0v) is 18.7. The highest BCUT2D eigenvalue weighted by Gasteiger charge is 2.22. The molecule has 10 heteroatoms. The Balaban J connectivity index is 1.56. The third kappa shape index (κ3) is 3.86. The van der Waals surface area contributed by atoms with E-state index < -0.39 is 10.8 Å². The number of nitrogens with zero attached hydrogens (tertiary/aromatic N) is 6. The van der Waals surface area contributed by atoms with Crippen LogP contribution in [0.3, 0.4) is 0 Å². The van der Waals surface area contributed by atoms with E-state index in [1.165, 1.54) is 33.5 Å². The van der Waals surface area contributed by atoms with Gasteiger partial charge in [-0.3, -0.25) is 19.7 Å². The highest BCUT2D eigenvalue weighted by Crippen LogP contribution is 2.26. The summed E-state index contributed by atoms with van der Waals surface area (Å²) in [5.74, 6) is -0.356. The number of hydrogen-bond acceptors (Lipinski definition) is 7. The molecule has 2 aromatic carbocycles. The maximum absolute atomic E-state index is 13.4. The first-order valence-electron chi connectivity index (χ1n) is 10.6. The molecule has 0 amide bonds. The smallest absolute Gasteiger partial charge is 0.268 e. The van der Waals surface area contributed by atoms with Gasteiger partial charge in [0.05, 0.1) is 10.6 Å². The maximum atomic E-state index is 13.4. The fourth-order valence-corrected chi connectivity index (χ4v) is 3.87. The van der Waals surface area contributed by atoms with E-state index >= 15 is 0 Å². The number of rotatable bonds is 4. The van der Waals surface area contributed by atoms with Gasteiger partial charge in [0.1, 0.15) is 11.3 Å². The van der Waals surface area contributed by atoms with Crippen LogP contribution in [0.5, 0.6) is 0 Å². The Morgan fingerprint density at radius 2 is 1.57 bits per heavy atom. The van der Waals surface area contributed by atoms with Crippen molar-refractivity contribution in [3.8, 4) is 11.4 Å². The van der Waals surface area contributed by atoms with Crippen LogP contribution in [-0.4, -0.2) is 41.1 Å².